The maximum absolute atomic E-state index is 13.2. The maximum atomic E-state index is 13.2. The van der Waals surface area contributed by atoms with Crippen molar-refractivity contribution in [2.75, 3.05) is 26.2 Å². The SMILES string of the molecule is Fc1cccc(Cc2ccc(OCCN3CCCCC3)cc2)c1. The van der Waals surface area contributed by atoms with Gasteiger partial charge >= 0.3 is 0 Å². The van der Waals surface area contributed by atoms with Crippen LogP contribution in [0, 0.1) is 5.82 Å². The van der Waals surface area contributed by atoms with Crippen LogP contribution >= 0.6 is 0 Å². The van der Waals surface area contributed by atoms with E-state index in [9.17, 15) is 4.39 Å². The summed E-state index contributed by atoms with van der Waals surface area (Å²) >= 11 is 0. The second-order valence-corrected chi connectivity index (χ2v) is 6.20. The highest BCUT2D eigenvalue weighted by atomic mass is 19.1. The lowest BCUT2D eigenvalue weighted by Crippen LogP contribution is -2.33. The summed E-state index contributed by atoms with van der Waals surface area (Å²) in [4.78, 5) is 2.47. The van der Waals surface area contributed by atoms with Gasteiger partial charge in [0.1, 0.15) is 18.2 Å². The van der Waals surface area contributed by atoms with E-state index < -0.39 is 0 Å². The van der Waals surface area contributed by atoms with Crippen LogP contribution in [0.5, 0.6) is 5.75 Å². The smallest absolute Gasteiger partial charge is 0.123 e. The largest absolute Gasteiger partial charge is 0.492 e. The van der Waals surface area contributed by atoms with E-state index in [0.29, 0.717) is 0 Å². The number of hydrogen-bond acceptors (Lipinski definition) is 2. The van der Waals surface area contributed by atoms with Crippen molar-refractivity contribution in [3.8, 4) is 5.75 Å². The van der Waals surface area contributed by atoms with Crippen LogP contribution in [0.4, 0.5) is 4.39 Å². The van der Waals surface area contributed by atoms with Gasteiger partial charge in [-0.15, -0.1) is 0 Å². The standard InChI is InChI=1S/C20H24FNO/c21-19-6-4-5-18(16-19)15-17-7-9-20(10-8-17)23-14-13-22-11-2-1-3-12-22/h4-10,16H,1-3,11-15H2. The van der Waals surface area contributed by atoms with Gasteiger partial charge in [0.05, 0.1) is 0 Å². The first-order valence-corrected chi connectivity index (χ1v) is 8.48. The Kier molecular flexibility index (Phi) is 5.65. The second kappa shape index (κ2) is 8.11. The van der Waals surface area contributed by atoms with E-state index in [1.165, 1.54) is 44.0 Å². The minimum Gasteiger partial charge on any atom is -0.492 e. The van der Waals surface area contributed by atoms with Crippen LogP contribution in [0.25, 0.3) is 0 Å². The minimum atomic E-state index is -0.180. The fourth-order valence-electron chi connectivity index (χ4n) is 3.06. The highest BCUT2D eigenvalue weighted by molar-refractivity contribution is 5.31. The van der Waals surface area contributed by atoms with Crippen molar-refractivity contribution in [3.63, 3.8) is 0 Å². The lowest BCUT2D eigenvalue weighted by Gasteiger charge is -2.26. The average Bonchev–Trinajstić information content (AvgIpc) is 2.58. The summed E-state index contributed by atoms with van der Waals surface area (Å²) in [7, 11) is 0. The Bertz CT molecular complexity index is 605. The molecule has 0 radical (unpaired) electrons. The Morgan fingerprint density at radius 2 is 1.70 bits per heavy atom. The van der Waals surface area contributed by atoms with Crippen molar-refractivity contribution < 1.29 is 9.13 Å². The van der Waals surface area contributed by atoms with E-state index in [0.717, 1.165) is 30.9 Å². The number of benzene rings is 2. The van der Waals surface area contributed by atoms with Crippen LogP contribution in [-0.2, 0) is 6.42 Å². The van der Waals surface area contributed by atoms with Crippen molar-refractivity contribution in [3.05, 3.63) is 65.5 Å². The zero-order chi connectivity index (χ0) is 15.9. The molecule has 122 valence electrons. The summed E-state index contributed by atoms with van der Waals surface area (Å²) < 4.78 is 19.0. The molecule has 2 nitrogen and oxygen atoms in total. The first-order chi connectivity index (χ1) is 11.3. The van der Waals surface area contributed by atoms with E-state index in [2.05, 4.69) is 17.0 Å². The molecular weight excluding hydrogens is 289 g/mol. The van der Waals surface area contributed by atoms with Crippen molar-refractivity contribution in [1.82, 2.24) is 4.90 Å². The monoisotopic (exact) mass is 313 g/mol. The summed E-state index contributed by atoms with van der Waals surface area (Å²) in [5.41, 5.74) is 2.16. The van der Waals surface area contributed by atoms with Crippen molar-refractivity contribution >= 4 is 0 Å². The van der Waals surface area contributed by atoms with E-state index in [4.69, 9.17) is 4.74 Å². The van der Waals surface area contributed by atoms with Gasteiger partial charge in [0.25, 0.3) is 0 Å². The van der Waals surface area contributed by atoms with Gasteiger partial charge in [-0.3, -0.25) is 4.90 Å². The van der Waals surface area contributed by atoms with Crippen LogP contribution in [0.15, 0.2) is 48.5 Å². The first-order valence-electron chi connectivity index (χ1n) is 8.48. The Morgan fingerprint density at radius 1 is 0.913 bits per heavy atom. The van der Waals surface area contributed by atoms with Crippen LogP contribution in [0.2, 0.25) is 0 Å². The number of hydrogen-bond donors (Lipinski definition) is 0. The van der Waals surface area contributed by atoms with E-state index in [1.54, 1.807) is 12.1 Å². The Hall–Kier alpha value is -1.87. The average molecular weight is 313 g/mol. The number of piperidine rings is 1. The van der Waals surface area contributed by atoms with Gasteiger partial charge in [-0.2, -0.15) is 0 Å². The molecule has 2 aromatic rings. The summed E-state index contributed by atoms with van der Waals surface area (Å²) in [5.74, 6) is 0.727. The van der Waals surface area contributed by atoms with Gasteiger partial charge < -0.3 is 4.74 Å². The Morgan fingerprint density at radius 3 is 2.43 bits per heavy atom. The highest BCUT2D eigenvalue weighted by Gasteiger charge is 2.09. The van der Waals surface area contributed by atoms with Crippen LogP contribution < -0.4 is 4.74 Å². The van der Waals surface area contributed by atoms with Gasteiger partial charge in [0.2, 0.25) is 0 Å². The van der Waals surface area contributed by atoms with Gasteiger partial charge in [-0.1, -0.05) is 30.7 Å². The molecule has 1 saturated heterocycles. The Labute approximate surface area is 137 Å². The molecular formula is C20H24FNO. The van der Waals surface area contributed by atoms with Crippen LogP contribution in [-0.4, -0.2) is 31.1 Å². The molecule has 0 saturated carbocycles. The minimum absolute atomic E-state index is 0.180. The molecule has 23 heavy (non-hydrogen) atoms. The summed E-state index contributed by atoms with van der Waals surface area (Å²) in [6.07, 6.45) is 4.74. The fourth-order valence-corrected chi connectivity index (χ4v) is 3.06. The number of rotatable bonds is 6. The van der Waals surface area contributed by atoms with Gasteiger partial charge in [-0.05, 0) is 67.7 Å². The molecule has 0 spiro atoms. The number of nitrogens with zero attached hydrogens (tertiary/aromatic N) is 1. The normalized spacial score (nSPS) is 15.5. The predicted octanol–water partition coefficient (Wildman–Crippen LogP) is 4.28. The molecule has 0 unspecified atom stereocenters. The summed E-state index contributed by atoms with van der Waals surface area (Å²) in [5, 5.41) is 0. The number of ether oxygens (including phenoxy) is 1. The molecule has 0 bridgehead atoms. The molecule has 0 aliphatic carbocycles. The topological polar surface area (TPSA) is 12.5 Å². The van der Waals surface area contributed by atoms with E-state index >= 15 is 0 Å². The zero-order valence-electron chi connectivity index (χ0n) is 13.5. The first kappa shape index (κ1) is 16.0. The molecule has 1 aliphatic rings. The molecule has 0 aromatic heterocycles. The number of likely N-dealkylation sites (tertiary alicyclic amines) is 1. The lowest BCUT2D eigenvalue weighted by atomic mass is 10.1. The van der Waals surface area contributed by atoms with Crippen LogP contribution in [0.3, 0.4) is 0 Å². The molecule has 3 rings (SSSR count). The summed E-state index contributed by atoms with van der Waals surface area (Å²) in [6, 6.07) is 14.9. The maximum Gasteiger partial charge on any atom is 0.123 e. The molecule has 1 aliphatic heterocycles. The molecule has 0 N–H and O–H groups in total. The lowest BCUT2D eigenvalue weighted by molar-refractivity contribution is 0.183. The molecule has 1 heterocycles. The van der Waals surface area contributed by atoms with Crippen molar-refractivity contribution in [2.45, 2.75) is 25.7 Å². The van der Waals surface area contributed by atoms with E-state index in [1.807, 2.05) is 18.2 Å². The molecule has 2 aromatic carbocycles. The third-order valence-corrected chi connectivity index (χ3v) is 4.35. The molecule has 1 fully saturated rings. The van der Waals surface area contributed by atoms with Crippen LogP contribution in [0.1, 0.15) is 30.4 Å². The quantitative estimate of drug-likeness (QED) is 0.789. The van der Waals surface area contributed by atoms with E-state index in [-0.39, 0.29) is 5.82 Å². The third kappa shape index (κ3) is 5.07. The fraction of sp³-hybridized carbons (Fsp3) is 0.400. The summed E-state index contributed by atoms with van der Waals surface area (Å²) in [6.45, 7) is 4.15. The predicted molar refractivity (Wildman–Crippen MR) is 91.4 cm³/mol. The second-order valence-electron chi connectivity index (χ2n) is 6.20. The highest BCUT2D eigenvalue weighted by Crippen LogP contribution is 2.16. The Balaban J connectivity index is 1.47. The number of halogens is 1. The zero-order valence-corrected chi connectivity index (χ0v) is 13.5. The van der Waals surface area contributed by atoms with Crippen molar-refractivity contribution in [2.24, 2.45) is 0 Å². The molecule has 0 atom stereocenters. The van der Waals surface area contributed by atoms with Gasteiger partial charge in [0.15, 0.2) is 0 Å². The van der Waals surface area contributed by atoms with Gasteiger partial charge in [-0.25, -0.2) is 4.39 Å². The molecule has 3 heteroatoms. The third-order valence-electron chi connectivity index (χ3n) is 4.35. The molecule has 0 amide bonds. The van der Waals surface area contributed by atoms with Gasteiger partial charge in [0, 0.05) is 6.54 Å². The van der Waals surface area contributed by atoms with Crippen molar-refractivity contribution in [1.29, 1.82) is 0 Å².